The van der Waals surface area contributed by atoms with Gasteiger partial charge in [-0.3, -0.25) is 0 Å². The van der Waals surface area contributed by atoms with Gasteiger partial charge >= 0.3 is 6.03 Å². The van der Waals surface area contributed by atoms with Crippen LogP contribution in [0.5, 0.6) is 0 Å². The molecule has 2 aromatic carbocycles. The van der Waals surface area contributed by atoms with Gasteiger partial charge in [0, 0.05) is 11.4 Å². The Labute approximate surface area is 126 Å². The van der Waals surface area contributed by atoms with Gasteiger partial charge in [-0.15, -0.1) is 0 Å². The molecule has 0 aliphatic heterocycles. The van der Waals surface area contributed by atoms with Crippen molar-refractivity contribution in [2.24, 2.45) is 0 Å². The summed E-state index contributed by atoms with van der Waals surface area (Å²) in [7, 11) is 0. The molecule has 0 aromatic heterocycles. The summed E-state index contributed by atoms with van der Waals surface area (Å²) in [6, 6.07) is 13.7. The standard InChI is InChI=1S/C18H22N2O/c1-12(2)15-8-7-14(4)17(11-15)20-18(21)19-16-9-5-13(3)6-10-16/h5-12H,1-4H3,(H2,19,20,21). The van der Waals surface area contributed by atoms with Crippen molar-refractivity contribution in [3.05, 3.63) is 59.2 Å². The van der Waals surface area contributed by atoms with E-state index in [1.807, 2.05) is 50.2 Å². The number of carbonyl (C=O) groups excluding carboxylic acids is 1. The number of anilines is 2. The second-order valence-corrected chi connectivity index (χ2v) is 5.67. The summed E-state index contributed by atoms with van der Waals surface area (Å²) in [5.41, 5.74) is 5.08. The van der Waals surface area contributed by atoms with Gasteiger partial charge < -0.3 is 10.6 Å². The van der Waals surface area contributed by atoms with Crippen LogP contribution in [-0.2, 0) is 0 Å². The summed E-state index contributed by atoms with van der Waals surface area (Å²) in [5, 5.41) is 5.76. The van der Waals surface area contributed by atoms with E-state index in [2.05, 4.69) is 30.5 Å². The van der Waals surface area contributed by atoms with Gasteiger partial charge in [-0.1, -0.05) is 43.7 Å². The SMILES string of the molecule is Cc1ccc(NC(=O)Nc2cc(C(C)C)ccc2C)cc1. The number of carbonyl (C=O) groups is 1. The van der Waals surface area contributed by atoms with Crippen LogP contribution in [0.2, 0.25) is 0 Å². The Morgan fingerprint density at radius 1 is 0.952 bits per heavy atom. The van der Waals surface area contributed by atoms with Crippen molar-refractivity contribution in [2.45, 2.75) is 33.6 Å². The van der Waals surface area contributed by atoms with Crippen LogP contribution in [0.25, 0.3) is 0 Å². The van der Waals surface area contributed by atoms with E-state index in [0.29, 0.717) is 5.92 Å². The first kappa shape index (κ1) is 15.1. The predicted octanol–water partition coefficient (Wildman–Crippen LogP) is 5.07. The van der Waals surface area contributed by atoms with Gasteiger partial charge in [-0.05, 0) is 49.1 Å². The van der Waals surface area contributed by atoms with Gasteiger partial charge in [0.05, 0.1) is 0 Å². The fourth-order valence-corrected chi connectivity index (χ4v) is 2.05. The molecule has 110 valence electrons. The molecule has 0 bridgehead atoms. The van der Waals surface area contributed by atoms with Gasteiger partial charge in [0.25, 0.3) is 0 Å². The number of rotatable bonds is 3. The van der Waals surface area contributed by atoms with Crippen LogP contribution in [0.4, 0.5) is 16.2 Å². The Bertz CT molecular complexity index is 630. The molecular weight excluding hydrogens is 260 g/mol. The highest BCUT2D eigenvalue weighted by Gasteiger charge is 2.07. The monoisotopic (exact) mass is 282 g/mol. The van der Waals surface area contributed by atoms with Gasteiger partial charge in [-0.25, -0.2) is 4.79 Å². The van der Waals surface area contributed by atoms with Crippen LogP contribution < -0.4 is 10.6 Å². The zero-order valence-electron chi connectivity index (χ0n) is 13.0. The number of aryl methyl sites for hydroxylation is 2. The Kier molecular flexibility index (Phi) is 4.63. The molecule has 0 atom stereocenters. The molecule has 0 saturated carbocycles. The fraction of sp³-hybridized carbons (Fsp3) is 0.278. The fourth-order valence-electron chi connectivity index (χ4n) is 2.05. The predicted molar refractivity (Wildman–Crippen MR) is 89.1 cm³/mol. The topological polar surface area (TPSA) is 41.1 Å². The second-order valence-electron chi connectivity index (χ2n) is 5.67. The highest BCUT2D eigenvalue weighted by atomic mass is 16.2. The van der Waals surface area contributed by atoms with E-state index >= 15 is 0 Å². The summed E-state index contributed by atoms with van der Waals surface area (Å²) in [4.78, 5) is 12.1. The van der Waals surface area contributed by atoms with Crippen LogP contribution in [0.1, 0.15) is 36.5 Å². The molecule has 21 heavy (non-hydrogen) atoms. The third-order valence-corrected chi connectivity index (χ3v) is 3.49. The van der Waals surface area contributed by atoms with Crippen molar-refractivity contribution < 1.29 is 4.79 Å². The first-order chi connectivity index (χ1) is 9.95. The van der Waals surface area contributed by atoms with Gasteiger partial charge in [0.1, 0.15) is 0 Å². The van der Waals surface area contributed by atoms with E-state index in [9.17, 15) is 4.79 Å². The van der Waals surface area contributed by atoms with E-state index < -0.39 is 0 Å². The van der Waals surface area contributed by atoms with Crippen molar-refractivity contribution in [3.63, 3.8) is 0 Å². The van der Waals surface area contributed by atoms with E-state index in [0.717, 1.165) is 16.9 Å². The van der Waals surface area contributed by atoms with E-state index in [1.165, 1.54) is 11.1 Å². The average Bonchev–Trinajstić information content (AvgIpc) is 2.43. The molecule has 0 saturated heterocycles. The Balaban J connectivity index is 2.08. The lowest BCUT2D eigenvalue weighted by Gasteiger charge is -2.13. The van der Waals surface area contributed by atoms with E-state index in [-0.39, 0.29) is 6.03 Å². The van der Waals surface area contributed by atoms with Gasteiger partial charge in [0.2, 0.25) is 0 Å². The van der Waals surface area contributed by atoms with Crippen LogP contribution >= 0.6 is 0 Å². The first-order valence-electron chi connectivity index (χ1n) is 7.21. The van der Waals surface area contributed by atoms with E-state index in [4.69, 9.17) is 0 Å². The second kappa shape index (κ2) is 6.44. The minimum absolute atomic E-state index is 0.220. The summed E-state index contributed by atoms with van der Waals surface area (Å²) in [6.45, 7) is 8.29. The van der Waals surface area contributed by atoms with Crippen LogP contribution in [0.3, 0.4) is 0 Å². The van der Waals surface area contributed by atoms with Crippen molar-refractivity contribution in [2.75, 3.05) is 10.6 Å². The highest BCUT2D eigenvalue weighted by molar-refractivity contribution is 6.00. The number of nitrogens with one attached hydrogen (secondary N) is 2. The Morgan fingerprint density at radius 3 is 2.24 bits per heavy atom. The number of amides is 2. The minimum Gasteiger partial charge on any atom is -0.308 e. The highest BCUT2D eigenvalue weighted by Crippen LogP contribution is 2.22. The number of hydrogen-bond acceptors (Lipinski definition) is 1. The van der Waals surface area contributed by atoms with Crippen molar-refractivity contribution in [3.8, 4) is 0 Å². The molecule has 2 aromatic rings. The zero-order valence-corrected chi connectivity index (χ0v) is 13.0. The van der Waals surface area contributed by atoms with E-state index in [1.54, 1.807) is 0 Å². The maximum atomic E-state index is 12.1. The van der Waals surface area contributed by atoms with Crippen LogP contribution in [0, 0.1) is 13.8 Å². The largest absolute Gasteiger partial charge is 0.323 e. The summed E-state index contributed by atoms with van der Waals surface area (Å²) >= 11 is 0. The van der Waals surface area contributed by atoms with Crippen molar-refractivity contribution >= 4 is 17.4 Å². The summed E-state index contributed by atoms with van der Waals surface area (Å²) in [5.74, 6) is 0.436. The lowest BCUT2D eigenvalue weighted by atomic mass is 10.0. The molecule has 2 N–H and O–H groups in total. The molecule has 2 rings (SSSR count). The molecule has 0 heterocycles. The molecule has 0 fully saturated rings. The van der Waals surface area contributed by atoms with Gasteiger partial charge in [-0.2, -0.15) is 0 Å². The molecule has 3 heteroatoms. The number of urea groups is 1. The molecule has 3 nitrogen and oxygen atoms in total. The number of hydrogen-bond donors (Lipinski definition) is 2. The molecule has 0 aliphatic carbocycles. The maximum absolute atomic E-state index is 12.1. The van der Waals surface area contributed by atoms with Crippen LogP contribution in [-0.4, -0.2) is 6.03 Å². The molecular formula is C18H22N2O. The third-order valence-electron chi connectivity index (χ3n) is 3.49. The number of benzene rings is 2. The first-order valence-corrected chi connectivity index (χ1v) is 7.21. The molecule has 0 aliphatic rings. The van der Waals surface area contributed by atoms with Crippen LogP contribution in [0.15, 0.2) is 42.5 Å². The smallest absolute Gasteiger partial charge is 0.308 e. The van der Waals surface area contributed by atoms with Crippen molar-refractivity contribution in [1.82, 2.24) is 0 Å². The molecule has 0 radical (unpaired) electrons. The molecule has 0 unspecified atom stereocenters. The van der Waals surface area contributed by atoms with Crippen molar-refractivity contribution in [1.29, 1.82) is 0 Å². The Morgan fingerprint density at radius 2 is 1.62 bits per heavy atom. The lowest BCUT2D eigenvalue weighted by Crippen LogP contribution is -2.20. The quantitative estimate of drug-likeness (QED) is 0.810. The Hall–Kier alpha value is -2.29. The minimum atomic E-state index is -0.220. The van der Waals surface area contributed by atoms with Gasteiger partial charge in [0.15, 0.2) is 0 Å². The lowest BCUT2D eigenvalue weighted by molar-refractivity contribution is 0.262. The normalized spacial score (nSPS) is 10.5. The third kappa shape index (κ3) is 4.09. The summed E-state index contributed by atoms with van der Waals surface area (Å²) < 4.78 is 0. The maximum Gasteiger partial charge on any atom is 0.323 e. The zero-order chi connectivity index (χ0) is 15.4. The summed E-state index contributed by atoms with van der Waals surface area (Å²) in [6.07, 6.45) is 0. The molecule has 2 amide bonds. The average molecular weight is 282 g/mol. The molecule has 0 spiro atoms.